The number of anilines is 2. The van der Waals surface area contributed by atoms with Gasteiger partial charge in [-0.25, -0.2) is 4.98 Å². The van der Waals surface area contributed by atoms with Gasteiger partial charge in [0.25, 0.3) is 0 Å². The number of aromatic nitrogens is 2. The summed E-state index contributed by atoms with van der Waals surface area (Å²) in [7, 11) is 0. The number of hydrogen-bond acceptors (Lipinski definition) is 6. The third-order valence-electron chi connectivity index (χ3n) is 5.08. The minimum Gasteiger partial charge on any atom is -0.372 e. The average Bonchev–Trinajstić information content (AvgIpc) is 2.60. The molecule has 1 aromatic heterocycles. The highest BCUT2D eigenvalue weighted by molar-refractivity contribution is 5.50. The van der Waals surface area contributed by atoms with Gasteiger partial charge >= 0.3 is 0 Å². The van der Waals surface area contributed by atoms with Gasteiger partial charge in [-0.3, -0.25) is 0 Å². The summed E-state index contributed by atoms with van der Waals surface area (Å²) in [4.78, 5) is 14.2. The zero-order chi connectivity index (χ0) is 18.0. The normalized spacial score (nSPS) is 30.6. The van der Waals surface area contributed by atoms with Crippen molar-refractivity contribution < 1.29 is 9.47 Å². The lowest BCUT2D eigenvalue weighted by Gasteiger charge is -2.39. The van der Waals surface area contributed by atoms with E-state index < -0.39 is 0 Å². The summed E-state index contributed by atoms with van der Waals surface area (Å²) < 4.78 is 12.0. The molecule has 2 saturated heterocycles. The maximum Gasteiger partial charge on any atom is 0.227 e. The first-order chi connectivity index (χ1) is 12.0. The summed E-state index contributed by atoms with van der Waals surface area (Å²) in [6, 6.07) is 0. The maximum atomic E-state index is 6.00. The third-order valence-corrected chi connectivity index (χ3v) is 5.08. The Morgan fingerprint density at radius 1 is 0.960 bits per heavy atom. The Morgan fingerprint density at radius 2 is 1.52 bits per heavy atom. The molecule has 0 saturated carbocycles. The van der Waals surface area contributed by atoms with E-state index in [-0.39, 0.29) is 24.4 Å². The zero-order valence-electron chi connectivity index (χ0n) is 16.2. The van der Waals surface area contributed by atoms with Gasteiger partial charge in [-0.2, -0.15) is 4.98 Å². The van der Waals surface area contributed by atoms with Crippen LogP contribution in [-0.2, 0) is 9.47 Å². The van der Waals surface area contributed by atoms with Gasteiger partial charge in [-0.15, -0.1) is 0 Å². The molecule has 140 valence electrons. The van der Waals surface area contributed by atoms with Gasteiger partial charge in [-0.1, -0.05) is 13.8 Å². The van der Waals surface area contributed by atoms with Crippen molar-refractivity contribution in [2.75, 3.05) is 36.0 Å². The number of nitrogens with zero attached hydrogens (tertiary/aromatic N) is 4. The lowest BCUT2D eigenvalue weighted by Crippen LogP contribution is -2.48. The molecule has 6 nitrogen and oxygen atoms in total. The van der Waals surface area contributed by atoms with Crippen molar-refractivity contribution in [1.29, 1.82) is 0 Å². The van der Waals surface area contributed by atoms with Crippen LogP contribution in [0.1, 0.15) is 46.1 Å². The minimum atomic E-state index is 0.208. The standard InChI is InChI=1S/C19H32N4O2/c1-6-16-11-22(9-14(4)24-16)18-13(3)8-20-19(21-18)23-10-15(5)25-17(7-2)12-23/h8,14-17H,6-7,9-12H2,1-5H3. The molecule has 0 amide bonds. The Kier molecular flexibility index (Phi) is 5.79. The molecule has 4 unspecified atom stereocenters. The molecule has 0 bridgehead atoms. The van der Waals surface area contributed by atoms with Crippen LogP contribution < -0.4 is 9.80 Å². The lowest BCUT2D eigenvalue weighted by atomic mass is 10.1. The van der Waals surface area contributed by atoms with Crippen molar-refractivity contribution in [3.05, 3.63) is 11.8 Å². The topological polar surface area (TPSA) is 50.7 Å². The molecule has 0 aromatic carbocycles. The van der Waals surface area contributed by atoms with Gasteiger partial charge in [0.1, 0.15) is 5.82 Å². The van der Waals surface area contributed by atoms with Gasteiger partial charge in [0.05, 0.1) is 24.4 Å². The lowest BCUT2D eigenvalue weighted by molar-refractivity contribution is -0.0180. The largest absolute Gasteiger partial charge is 0.372 e. The van der Waals surface area contributed by atoms with Crippen molar-refractivity contribution in [1.82, 2.24) is 9.97 Å². The quantitative estimate of drug-likeness (QED) is 0.834. The molecule has 6 heteroatoms. The molecule has 2 aliphatic rings. The number of aryl methyl sites for hydroxylation is 1. The van der Waals surface area contributed by atoms with E-state index in [2.05, 4.69) is 49.4 Å². The third kappa shape index (κ3) is 4.23. The smallest absolute Gasteiger partial charge is 0.227 e. The van der Waals surface area contributed by atoms with Crippen LogP contribution in [0.2, 0.25) is 0 Å². The number of hydrogen-bond donors (Lipinski definition) is 0. The van der Waals surface area contributed by atoms with E-state index in [0.717, 1.165) is 56.4 Å². The van der Waals surface area contributed by atoms with Crippen LogP contribution in [0.25, 0.3) is 0 Å². The van der Waals surface area contributed by atoms with Crippen molar-refractivity contribution in [2.24, 2.45) is 0 Å². The number of morpholine rings is 2. The van der Waals surface area contributed by atoms with Crippen LogP contribution in [0.5, 0.6) is 0 Å². The fourth-order valence-corrected chi connectivity index (χ4v) is 3.77. The zero-order valence-corrected chi connectivity index (χ0v) is 16.2. The fourth-order valence-electron chi connectivity index (χ4n) is 3.77. The van der Waals surface area contributed by atoms with E-state index in [0.29, 0.717) is 0 Å². The summed E-state index contributed by atoms with van der Waals surface area (Å²) in [6.45, 7) is 14.2. The predicted molar refractivity (Wildman–Crippen MR) is 100 cm³/mol. The van der Waals surface area contributed by atoms with E-state index in [1.54, 1.807) is 0 Å². The summed E-state index contributed by atoms with van der Waals surface area (Å²) in [6.07, 6.45) is 4.96. The van der Waals surface area contributed by atoms with Crippen LogP contribution >= 0.6 is 0 Å². The van der Waals surface area contributed by atoms with Crippen LogP contribution in [0.4, 0.5) is 11.8 Å². The van der Waals surface area contributed by atoms with E-state index in [1.807, 2.05) is 6.20 Å². The molecule has 4 atom stereocenters. The first-order valence-electron chi connectivity index (χ1n) is 9.64. The van der Waals surface area contributed by atoms with E-state index in [4.69, 9.17) is 14.5 Å². The predicted octanol–water partition coefficient (Wildman–Crippen LogP) is 2.79. The van der Waals surface area contributed by atoms with Crippen molar-refractivity contribution in [2.45, 2.75) is 71.9 Å². The molecular weight excluding hydrogens is 316 g/mol. The monoisotopic (exact) mass is 348 g/mol. The van der Waals surface area contributed by atoms with Crippen molar-refractivity contribution in [3.63, 3.8) is 0 Å². The Hall–Kier alpha value is -1.40. The molecule has 0 radical (unpaired) electrons. The molecule has 2 fully saturated rings. The van der Waals surface area contributed by atoms with Crippen LogP contribution in [-0.4, -0.2) is 60.6 Å². The molecule has 2 aliphatic heterocycles. The van der Waals surface area contributed by atoms with Crippen molar-refractivity contribution in [3.8, 4) is 0 Å². The first kappa shape index (κ1) is 18.4. The molecule has 0 aliphatic carbocycles. The van der Waals surface area contributed by atoms with E-state index in [9.17, 15) is 0 Å². The average molecular weight is 348 g/mol. The minimum absolute atomic E-state index is 0.208. The van der Waals surface area contributed by atoms with Crippen LogP contribution in [0, 0.1) is 6.92 Å². The first-order valence-corrected chi connectivity index (χ1v) is 9.64. The maximum absolute atomic E-state index is 6.00. The Bertz CT molecular complexity index is 583. The van der Waals surface area contributed by atoms with Crippen LogP contribution in [0.15, 0.2) is 6.20 Å². The number of rotatable bonds is 4. The molecule has 3 rings (SSSR count). The Morgan fingerprint density at radius 3 is 2.12 bits per heavy atom. The molecule has 25 heavy (non-hydrogen) atoms. The van der Waals surface area contributed by atoms with Gasteiger partial charge in [0.2, 0.25) is 5.95 Å². The molecule has 0 N–H and O–H groups in total. The number of ether oxygens (including phenoxy) is 2. The van der Waals surface area contributed by atoms with Gasteiger partial charge < -0.3 is 19.3 Å². The molecular formula is C19H32N4O2. The second kappa shape index (κ2) is 7.87. The summed E-state index contributed by atoms with van der Waals surface area (Å²) >= 11 is 0. The second-order valence-electron chi connectivity index (χ2n) is 7.44. The molecule has 0 spiro atoms. The van der Waals surface area contributed by atoms with Gasteiger partial charge in [0.15, 0.2) is 0 Å². The molecule has 3 heterocycles. The Balaban J connectivity index is 1.83. The van der Waals surface area contributed by atoms with Crippen molar-refractivity contribution >= 4 is 11.8 Å². The highest BCUT2D eigenvalue weighted by Crippen LogP contribution is 2.26. The van der Waals surface area contributed by atoms with Gasteiger partial charge in [-0.05, 0) is 33.6 Å². The fraction of sp³-hybridized carbons (Fsp3) is 0.789. The van der Waals surface area contributed by atoms with E-state index in [1.165, 1.54) is 0 Å². The second-order valence-corrected chi connectivity index (χ2v) is 7.44. The summed E-state index contributed by atoms with van der Waals surface area (Å²) in [5, 5.41) is 0. The highest BCUT2D eigenvalue weighted by atomic mass is 16.5. The molecule has 1 aromatic rings. The van der Waals surface area contributed by atoms with Crippen LogP contribution in [0.3, 0.4) is 0 Å². The SMILES string of the molecule is CCC1CN(c2ncc(C)c(N3CC(C)OC(CC)C3)n2)CC(C)O1. The van der Waals surface area contributed by atoms with Gasteiger partial charge in [0, 0.05) is 37.9 Å². The Labute approximate surface area is 151 Å². The highest BCUT2D eigenvalue weighted by Gasteiger charge is 2.29. The van der Waals surface area contributed by atoms with E-state index >= 15 is 0 Å². The summed E-state index contributed by atoms with van der Waals surface area (Å²) in [5.74, 6) is 1.87. The summed E-state index contributed by atoms with van der Waals surface area (Å²) in [5.41, 5.74) is 1.13.